The predicted octanol–water partition coefficient (Wildman–Crippen LogP) is 1.65. The quantitative estimate of drug-likeness (QED) is 0.882. The average Bonchev–Trinajstić information content (AvgIpc) is 2.80. The number of carbonyl (C=O) groups is 1. The minimum absolute atomic E-state index is 0.218. The van der Waals surface area contributed by atoms with Gasteiger partial charge in [0, 0.05) is 0 Å². The van der Waals surface area contributed by atoms with Crippen molar-refractivity contribution in [2.45, 2.75) is 6.54 Å². The second-order valence-electron chi connectivity index (χ2n) is 2.99. The van der Waals surface area contributed by atoms with E-state index >= 15 is 0 Å². The summed E-state index contributed by atoms with van der Waals surface area (Å²) in [5.74, 6) is 0.357. The highest BCUT2D eigenvalue weighted by molar-refractivity contribution is 6.29. The average molecular weight is 238 g/mol. The van der Waals surface area contributed by atoms with Gasteiger partial charge in [0.1, 0.15) is 16.6 Å². The molecule has 2 heterocycles. The van der Waals surface area contributed by atoms with Crippen molar-refractivity contribution in [2.75, 3.05) is 0 Å². The molecule has 0 saturated carbocycles. The van der Waals surface area contributed by atoms with Crippen molar-refractivity contribution >= 4 is 17.5 Å². The zero-order valence-corrected chi connectivity index (χ0v) is 8.94. The van der Waals surface area contributed by atoms with Gasteiger partial charge in [0.25, 0.3) is 5.91 Å². The Bertz CT molecular complexity index is 467. The van der Waals surface area contributed by atoms with Crippen molar-refractivity contribution in [1.82, 2.24) is 15.3 Å². The lowest BCUT2D eigenvalue weighted by atomic mass is 10.4. The van der Waals surface area contributed by atoms with Crippen LogP contribution in [0.4, 0.5) is 0 Å². The SMILES string of the molecule is O=C(NCc1ccco1)c1cnc(Cl)cn1. The zero-order valence-electron chi connectivity index (χ0n) is 8.18. The van der Waals surface area contributed by atoms with Crippen molar-refractivity contribution in [2.24, 2.45) is 0 Å². The first-order chi connectivity index (χ1) is 7.75. The highest BCUT2D eigenvalue weighted by Crippen LogP contribution is 2.02. The normalized spacial score (nSPS) is 10.1. The Morgan fingerprint density at radius 2 is 2.31 bits per heavy atom. The molecule has 0 fully saturated rings. The van der Waals surface area contributed by atoms with E-state index in [2.05, 4.69) is 15.3 Å². The van der Waals surface area contributed by atoms with Crippen LogP contribution in [0.2, 0.25) is 5.15 Å². The predicted molar refractivity (Wildman–Crippen MR) is 56.9 cm³/mol. The lowest BCUT2D eigenvalue weighted by molar-refractivity contribution is 0.0942. The van der Waals surface area contributed by atoms with E-state index in [1.54, 1.807) is 18.4 Å². The summed E-state index contributed by atoms with van der Waals surface area (Å²) in [5.41, 5.74) is 0.218. The molecule has 0 saturated heterocycles. The number of halogens is 1. The Morgan fingerprint density at radius 3 is 2.94 bits per heavy atom. The maximum Gasteiger partial charge on any atom is 0.271 e. The molecular formula is C10H8ClN3O2. The molecule has 2 aromatic heterocycles. The monoisotopic (exact) mass is 237 g/mol. The molecule has 6 heteroatoms. The Balaban J connectivity index is 1.95. The number of carbonyl (C=O) groups excluding carboxylic acids is 1. The maximum atomic E-state index is 11.6. The number of hydrogen-bond acceptors (Lipinski definition) is 4. The molecule has 2 aromatic rings. The molecule has 0 atom stereocenters. The summed E-state index contributed by atoms with van der Waals surface area (Å²) in [6, 6.07) is 3.53. The lowest BCUT2D eigenvalue weighted by Crippen LogP contribution is -2.23. The maximum absolute atomic E-state index is 11.6. The van der Waals surface area contributed by atoms with Crippen LogP contribution < -0.4 is 5.32 Å². The van der Waals surface area contributed by atoms with Crippen molar-refractivity contribution in [3.05, 3.63) is 47.4 Å². The van der Waals surface area contributed by atoms with E-state index in [-0.39, 0.29) is 16.8 Å². The van der Waals surface area contributed by atoms with Crippen LogP contribution >= 0.6 is 11.6 Å². The van der Waals surface area contributed by atoms with Gasteiger partial charge in [0.15, 0.2) is 0 Å². The molecule has 0 aliphatic heterocycles. The van der Waals surface area contributed by atoms with E-state index in [0.29, 0.717) is 12.3 Å². The number of hydrogen-bond donors (Lipinski definition) is 1. The van der Waals surface area contributed by atoms with Crippen LogP contribution in [0.25, 0.3) is 0 Å². The standard InChI is InChI=1S/C10H8ClN3O2/c11-9-6-12-8(5-13-9)10(15)14-4-7-2-1-3-16-7/h1-3,5-6H,4H2,(H,14,15). The number of nitrogens with zero attached hydrogens (tertiary/aromatic N) is 2. The summed E-state index contributed by atoms with van der Waals surface area (Å²) in [6.45, 7) is 0.316. The van der Waals surface area contributed by atoms with Gasteiger partial charge in [0.2, 0.25) is 0 Å². The van der Waals surface area contributed by atoms with Gasteiger partial charge < -0.3 is 9.73 Å². The fraction of sp³-hybridized carbons (Fsp3) is 0.100. The first kappa shape index (κ1) is 10.6. The molecule has 1 amide bonds. The minimum atomic E-state index is -0.319. The van der Waals surface area contributed by atoms with E-state index < -0.39 is 0 Å². The largest absolute Gasteiger partial charge is 0.467 e. The fourth-order valence-electron chi connectivity index (χ4n) is 1.10. The molecule has 0 radical (unpaired) electrons. The molecule has 0 aliphatic rings. The molecule has 0 bridgehead atoms. The highest BCUT2D eigenvalue weighted by atomic mass is 35.5. The zero-order chi connectivity index (χ0) is 11.4. The Kier molecular flexibility index (Phi) is 3.16. The van der Waals surface area contributed by atoms with Crippen LogP contribution in [-0.2, 0) is 6.54 Å². The van der Waals surface area contributed by atoms with Crippen LogP contribution in [0.15, 0.2) is 35.2 Å². The number of aromatic nitrogens is 2. The molecule has 1 N–H and O–H groups in total. The van der Waals surface area contributed by atoms with Gasteiger partial charge in [-0.15, -0.1) is 0 Å². The van der Waals surface area contributed by atoms with Crippen LogP contribution in [0.1, 0.15) is 16.2 Å². The number of nitrogens with one attached hydrogen (secondary N) is 1. The second kappa shape index (κ2) is 4.76. The van der Waals surface area contributed by atoms with Crippen molar-refractivity contribution < 1.29 is 9.21 Å². The summed E-state index contributed by atoms with van der Waals surface area (Å²) in [5, 5.41) is 2.89. The summed E-state index contributed by atoms with van der Waals surface area (Å²) in [6.07, 6.45) is 4.19. The Hall–Kier alpha value is -1.88. The number of furan rings is 1. The Morgan fingerprint density at radius 1 is 1.44 bits per heavy atom. The molecule has 0 unspecified atom stereocenters. The van der Waals surface area contributed by atoms with E-state index in [9.17, 15) is 4.79 Å². The molecule has 16 heavy (non-hydrogen) atoms. The van der Waals surface area contributed by atoms with Crippen molar-refractivity contribution in [1.29, 1.82) is 0 Å². The van der Waals surface area contributed by atoms with Gasteiger partial charge in [-0.25, -0.2) is 9.97 Å². The molecule has 82 valence electrons. The lowest BCUT2D eigenvalue weighted by Gasteiger charge is -2.01. The first-order valence-corrected chi connectivity index (χ1v) is 4.91. The third kappa shape index (κ3) is 2.58. The highest BCUT2D eigenvalue weighted by Gasteiger charge is 2.07. The first-order valence-electron chi connectivity index (χ1n) is 4.54. The molecule has 0 aliphatic carbocycles. The molecule has 0 aromatic carbocycles. The van der Waals surface area contributed by atoms with Gasteiger partial charge in [0.05, 0.1) is 25.2 Å². The van der Waals surface area contributed by atoms with Gasteiger partial charge in [-0.3, -0.25) is 4.79 Å². The summed E-state index contributed by atoms with van der Waals surface area (Å²) in [4.78, 5) is 19.2. The van der Waals surface area contributed by atoms with Gasteiger partial charge in [-0.1, -0.05) is 11.6 Å². The van der Waals surface area contributed by atoms with Crippen molar-refractivity contribution in [3.8, 4) is 0 Å². The van der Waals surface area contributed by atoms with Crippen LogP contribution in [0, 0.1) is 0 Å². The summed E-state index contributed by atoms with van der Waals surface area (Å²) >= 11 is 5.55. The van der Waals surface area contributed by atoms with Gasteiger partial charge >= 0.3 is 0 Å². The smallest absolute Gasteiger partial charge is 0.271 e. The molecule has 0 spiro atoms. The van der Waals surface area contributed by atoms with Crippen LogP contribution in [0.3, 0.4) is 0 Å². The second-order valence-corrected chi connectivity index (χ2v) is 3.37. The topological polar surface area (TPSA) is 68.0 Å². The van der Waals surface area contributed by atoms with Crippen LogP contribution in [-0.4, -0.2) is 15.9 Å². The number of rotatable bonds is 3. The van der Waals surface area contributed by atoms with E-state index in [0.717, 1.165) is 0 Å². The molecule has 5 nitrogen and oxygen atoms in total. The van der Waals surface area contributed by atoms with Gasteiger partial charge in [-0.2, -0.15) is 0 Å². The van der Waals surface area contributed by atoms with E-state index in [4.69, 9.17) is 16.0 Å². The summed E-state index contributed by atoms with van der Waals surface area (Å²) < 4.78 is 5.07. The van der Waals surface area contributed by atoms with E-state index in [1.807, 2.05) is 0 Å². The molecular weight excluding hydrogens is 230 g/mol. The number of amides is 1. The van der Waals surface area contributed by atoms with Crippen molar-refractivity contribution in [3.63, 3.8) is 0 Å². The third-order valence-electron chi connectivity index (χ3n) is 1.86. The third-order valence-corrected chi connectivity index (χ3v) is 2.05. The molecule has 2 rings (SSSR count). The van der Waals surface area contributed by atoms with E-state index in [1.165, 1.54) is 12.4 Å². The summed E-state index contributed by atoms with van der Waals surface area (Å²) in [7, 11) is 0. The van der Waals surface area contributed by atoms with Crippen LogP contribution in [0.5, 0.6) is 0 Å². The fourth-order valence-corrected chi connectivity index (χ4v) is 1.20. The minimum Gasteiger partial charge on any atom is -0.467 e. The van der Waals surface area contributed by atoms with Gasteiger partial charge in [-0.05, 0) is 12.1 Å². The Labute approximate surface area is 96.5 Å².